The highest BCUT2D eigenvalue weighted by molar-refractivity contribution is 5.86. The second-order valence-electron chi connectivity index (χ2n) is 8.30. The van der Waals surface area contributed by atoms with Crippen molar-refractivity contribution in [2.24, 2.45) is 11.7 Å². The van der Waals surface area contributed by atoms with Gasteiger partial charge in [-0.1, -0.05) is 13.0 Å². The third-order valence-electron chi connectivity index (χ3n) is 6.23. The molecule has 1 unspecified atom stereocenters. The number of primary amides is 1. The van der Waals surface area contributed by atoms with E-state index in [1.54, 1.807) is 0 Å². The minimum atomic E-state index is -4.92. The van der Waals surface area contributed by atoms with Crippen molar-refractivity contribution in [3.8, 4) is 5.75 Å². The SMILES string of the molecule is CCOc1c([C@@H]2C(C(=O)NC3=C[C@H](C(N)=O)[N+](=O)C=C3)O[C@](C)(C(F)(F)F)[C@H]2C)ccc(F)c1F. The van der Waals surface area contributed by atoms with Crippen LogP contribution in [0.15, 0.2) is 36.2 Å². The fraction of sp³-hybridized carbons (Fsp3) is 0.455. The van der Waals surface area contributed by atoms with Crippen LogP contribution in [0.3, 0.4) is 0 Å². The Morgan fingerprint density at radius 2 is 1.94 bits per heavy atom. The van der Waals surface area contributed by atoms with Crippen LogP contribution >= 0.6 is 0 Å². The Labute approximate surface area is 196 Å². The number of carbonyl (C=O) groups is 2. The van der Waals surface area contributed by atoms with Gasteiger partial charge in [0.05, 0.1) is 12.3 Å². The third kappa shape index (κ3) is 4.64. The zero-order valence-corrected chi connectivity index (χ0v) is 18.9. The van der Waals surface area contributed by atoms with Crippen LogP contribution in [0.2, 0.25) is 0 Å². The van der Waals surface area contributed by atoms with Crippen molar-refractivity contribution < 1.29 is 45.8 Å². The van der Waals surface area contributed by atoms with E-state index in [0.29, 0.717) is 0 Å². The molecule has 0 aliphatic carbocycles. The monoisotopic (exact) mass is 504 g/mol. The van der Waals surface area contributed by atoms with Crippen LogP contribution in [0.1, 0.15) is 32.3 Å². The van der Waals surface area contributed by atoms with Gasteiger partial charge in [-0.15, -0.1) is 0 Å². The molecule has 2 heterocycles. The second kappa shape index (κ2) is 9.36. The zero-order valence-electron chi connectivity index (χ0n) is 18.9. The van der Waals surface area contributed by atoms with Crippen LogP contribution < -0.4 is 15.8 Å². The van der Waals surface area contributed by atoms with Crippen molar-refractivity contribution in [1.82, 2.24) is 5.32 Å². The molecule has 2 aliphatic heterocycles. The molecule has 35 heavy (non-hydrogen) atoms. The summed E-state index contributed by atoms with van der Waals surface area (Å²) in [6, 6.07) is 0.324. The van der Waals surface area contributed by atoms with E-state index in [4.69, 9.17) is 15.2 Å². The van der Waals surface area contributed by atoms with E-state index >= 15 is 0 Å². The quantitative estimate of drug-likeness (QED) is 0.457. The predicted molar refractivity (Wildman–Crippen MR) is 111 cm³/mol. The Balaban J connectivity index is 2.06. The fourth-order valence-corrected chi connectivity index (χ4v) is 4.17. The summed E-state index contributed by atoms with van der Waals surface area (Å²) < 4.78 is 81.2. The van der Waals surface area contributed by atoms with E-state index in [1.165, 1.54) is 13.8 Å². The number of amides is 2. The van der Waals surface area contributed by atoms with E-state index in [9.17, 15) is 36.4 Å². The molecule has 0 spiro atoms. The molecule has 8 nitrogen and oxygen atoms in total. The first-order chi connectivity index (χ1) is 16.2. The smallest absolute Gasteiger partial charge is 0.417 e. The van der Waals surface area contributed by atoms with E-state index < -0.39 is 65.0 Å². The van der Waals surface area contributed by atoms with Gasteiger partial charge in [0.2, 0.25) is 12.0 Å². The molecule has 1 fully saturated rings. The minimum absolute atomic E-state index is 0.0863. The van der Waals surface area contributed by atoms with Gasteiger partial charge < -0.3 is 20.5 Å². The van der Waals surface area contributed by atoms with Gasteiger partial charge in [-0.3, -0.25) is 9.59 Å². The first-order valence-corrected chi connectivity index (χ1v) is 10.5. The lowest BCUT2D eigenvalue weighted by Gasteiger charge is -2.32. The molecule has 2 aliphatic rings. The maximum atomic E-state index is 14.6. The number of nitrogens with two attached hydrogens (primary N) is 1. The molecule has 190 valence electrons. The van der Waals surface area contributed by atoms with Crippen molar-refractivity contribution in [2.75, 3.05) is 6.61 Å². The molecular formula is C22H23F5N3O5+. The summed E-state index contributed by atoms with van der Waals surface area (Å²) in [7, 11) is 0. The summed E-state index contributed by atoms with van der Waals surface area (Å²) in [6.07, 6.45) is -3.71. The fourth-order valence-electron chi connectivity index (χ4n) is 4.17. The summed E-state index contributed by atoms with van der Waals surface area (Å²) in [5.41, 5.74) is 2.05. The molecule has 0 aromatic heterocycles. The van der Waals surface area contributed by atoms with Crippen molar-refractivity contribution >= 4 is 11.8 Å². The van der Waals surface area contributed by atoms with Gasteiger partial charge in [-0.2, -0.15) is 17.6 Å². The van der Waals surface area contributed by atoms with Crippen molar-refractivity contribution in [3.63, 3.8) is 0 Å². The normalized spacial score (nSPS) is 28.6. The maximum Gasteiger partial charge on any atom is 0.417 e. The van der Waals surface area contributed by atoms with E-state index in [0.717, 1.165) is 37.4 Å². The second-order valence-corrected chi connectivity index (χ2v) is 8.30. The number of carbonyl (C=O) groups excluding carboxylic acids is 2. The number of alkyl halides is 3. The first kappa shape index (κ1) is 26.3. The standard InChI is InChI=1S/C22H22F5N3O5/c1-4-34-17-12(5-6-13(23)16(17)24)15-10(2)21(3,22(25,26)27)35-18(15)20(32)29-11-7-8-30(33)14(9-11)19(28)31/h5-10,14-15,18H,4H2,1-3H3,(H2-,28,29,31,32)/p+1/t10-,14+,15+,18?,21-/m0/s1. The average Bonchev–Trinajstić information content (AvgIpc) is 3.05. The Morgan fingerprint density at radius 3 is 2.51 bits per heavy atom. The summed E-state index contributed by atoms with van der Waals surface area (Å²) in [4.78, 5) is 36.3. The van der Waals surface area contributed by atoms with Gasteiger partial charge >= 0.3 is 12.2 Å². The number of nitrogens with one attached hydrogen (secondary N) is 1. The van der Waals surface area contributed by atoms with Gasteiger partial charge in [0.15, 0.2) is 17.2 Å². The molecule has 1 aromatic carbocycles. The van der Waals surface area contributed by atoms with Crippen molar-refractivity contribution in [2.45, 2.75) is 50.6 Å². The third-order valence-corrected chi connectivity index (χ3v) is 6.23. The van der Waals surface area contributed by atoms with Crippen LogP contribution in [-0.2, 0) is 14.3 Å². The maximum absolute atomic E-state index is 14.6. The van der Waals surface area contributed by atoms with Crippen LogP contribution in [-0.4, -0.2) is 47.1 Å². The van der Waals surface area contributed by atoms with E-state index in [-0.39, 0.29) is 22.6 Å². The van der Waals surface area contributed by atoms with E-state index in [2.05, 4.69) is 5.32 Å². The van der Waals surface area contributed by atoms with Crippen LogP contribution in [0.25, 0.3) is 0 Å². The summed E-state index contributed by atoms with van der Waals surface area (Å²) in [5.74, 6) is -8.24. The summed E-state index contributed by atoms with van der Waals surface area (Å²) in [5, 5.41) is 2.31. The van der Waals surface area contributed by atoms with Crippen LogP contribution in [0, 0.1) is 22.5 Å². The average molecular weight is 504 g/mol. The number of hydrogen-bond donors (Lipinski definition) is 2. The lowest BCUT2D eigenvalue weighted by Crippen LogP contribution is -2.47. The molecule has 0 radical (unpaired) electrons. The lowest BCUT2D eigenvalue weighted by molar-refractivity contribution is -0.495. The highest BCUT2D eigenvalue weighted by atomic mass is 19.4. The molecule has 0 bridgehead atoms. The topological polar surface area (TPSA) is 111 Å². The van der Waals surface area contributed by atoms with Crippen LogP contribution in [0.5, 0.6) is 5.75 Å². The molecule has 5 atom stereocenters. The molecule has 1 saturated heterocycles. The summed E-state index contributed by atoms with van der Waals surface area (Å²) in [6.45, 7) is 3.29. The first-order valence-electron chi connectivity index (χ1n) is 10.5. The van der Waals surface area contributed by atoms with Gasteiger partial charge in [-0.25, -0.2) is 4.39 Å². The van der Waals surface area contributed by atoms with E-state index in [1.807, 2.05) is 0 Å². The molecule has 3 N–H and O–H groups in total. The number of benzene rings is 1. The highest BCUT2D eigenvalue weighted by Crippen LogP contribution is 2.54. The van der Waals surface area contributed by atoms with Gasteiger partial charge in [0.25, 0.3) is 11.8 Å². The Hall–Kier alpha value is -3.35. The Kier molecular flexibility index (Phi) is 7.02. The Morgan fingerprint density at radius 1 is 1.29 bits per heavy atom. The number of rotatable bonds is 6. The van der Waals surface area contributed by atoms with Gasteiger partial charge in [-0.05, 0) is 19.9 Å². The zero-order chi connectivity index (χ0) is 26.3. The Bertz CT molecular complexity index is 1120. The van der Waals surface area contributed by atoms with Crippen molar-refractivity contribution in [1.29, 1.82) is 0 Å². The number of nitrogens with zero attached hydrogens (tertiary/aromatic N) is 1. The number of hydrogen-bond acceptors (Lipinski definition) is 5. The number of allylic oxidation sites excluding steroid dienone is 1. The predicted octanol–water partition coefficient (Wildman–Crippen LogP) is 2.96. The van der Waals surface area contributed by atoms with Crippen molar-refractivity contribution in [3.05, 3.63) is 58.3 Å². The summed E-state index contributed by atoms with van der Waals surface area (Å²) >= 11 is 0. The number of ether oxygens (including phenoxy) is 2. The highest BCUT2D eigenvalue weighted by Gasteiger charge is 2.66. The molecule has 3 rings (SSSR count). The molecular weight excluding hydrogens is 481 g/mol. The van der Waals surface area contributed by atoms with Crippen LogP contribution in [0.4, 0.5) is 22.0 Å². The molecule has 1 aromatic rings. The number of nitroso groups, excluding NO2 is 1. The van der Waals surface area contributed by atoms with Gasteiger partial charge in [0.1, 0.15) is 6.10 Å². The molecule has 0 saturated carbocycles. The minimum Gasteiger partial charge on any atom is -0.490 e. The molecule has 2 amide bonds. The lowest BCUT2D eigenvalue weighted by atomic mass is 9.77. The largest absolute Gasteiger partial charge is 0.490 e. The molecule has 13 heteroatoms. The number of halogens is 5. The van der Waals surface area contributed by atoms with Gasteiger partial charge in [0, 0.05) is 39.2 Å².